The minimum Gasteiger partial charge on any atom is -0.370 e. The molecule has 0 aromatic carbocycles. The van der Waals surface area contributed by atoms with Gasteiger partial charge in [0.1, 0.15) is 5.82 Å². The molecule has 1 N–H and O–H groups in total. The third-order valence-corrected chi connectivity index (χ3v) is 2.72. The van der Waals surface area contributed by atoms with E-state index < -0.39 is 0 Å². The van der Waals surface area contributed by atoms with Crippen LogP contribution in [0.4, 0.5) is 5.82 Å². The maximum Gasteiger partial charge on any atom is 0.198 e. The Hall–Kier alpha value is -1.91. The molecule has 0 amide bonds. The fourth-order valence-corrected chi connectivity index (χ4v) is 1.71. The maximum absolute atomic E-state index is 4.58. The zero-order valence-corrected chi connectivity index (χ0v) is 11.3. The van der Waals surface area contributed by atoms with Gasteiger partial charge in [-0.1, -0.05) is 13.8 Å². The van der Waals surface area contributed by atoms with Crippen LogP contribution < -0.4 is 5.32 Å². The van der Waals surface area contributed by atoms with E-state index >= 15 is 0 Å². The maximum atomic E-state index is 4.58. The normalized spacial score (nSPS) is 10.9. The Morgan fingerprint density at radius 2 is 2.11 bits per heavy atom. The zero-order valence-electron chi connectivity index (χ0n) is 11.3. The Bertz CT molecular complexity index is 530. The number of imidazole rings is 1. The van der Waals surface area contributed by atoms with Gasteiger partial charge in [-0.25, -0.2) is 15.0 Å². The molecule has 0 spiro atoms. The number of hydrogen-bond acceptors (Lipinski definition) is 4. The van der Waals surface area contributed by atoms with Crippen LogP contribution in [-0.4, -0.2) is 26.1 Å². The van der Waals surface area contributed by atoms with E-state index in [4.69, 9.17) is 0 Å². The van der Waals surface area contributed by atoms with Crippen molar-refractivity contribution >= 4 is 5.82 Å². The molecular formula is C13H19N5. The SMILES string of the molecule is CCNc1cc(C(C)C)nc(-c2nccn2C)n1. The summed E-state index contributed by atoms with van der Waals surface area (Å²) in [5.41, 5.74) is 1.03. The molecule has 0 saturated heterocycles. The van der Waals surface area contributed by atoms with Crippen molar-refractivity contribution in [1.29, 1.82) is 0 Å². The first-order chi connectivity index (χ1) is 8.61. The van der Waals surface area contributed by atoms with Gasteiger partial charge in [-0.2, -0.15) is 0 Å². The number of nitrogens with one attached hydrogen (secondary N) is 1. The molecule has 2 aromatic heterocycles. The lowest BCUT2D eigenvalue weighted by atomic mass is 10.1. The Morgan fingerprint density at radius 3 is 2.67 bits per heavy atom. The predicted molar refractivity (Wildman–Crippen MR) is 72.5 cm³/mol. The Balaban J connectivity index is 2.50. The fourth-order valence-electron chi connectivity index (χ4n) is 1.71. The summed E-state index contributed by atoms with van der Waals surface area (Å²) >= 11 is 0. The Labute approximate surface area is 107 Å². The minimum absolute atomic E-state index is 0.365. The van der Waals surface area contributed by atoms with Gasteiger partial charge in [-0.15, -0.1) is 0 Å². The highest BCUT2D eigenvalue weighted by Crippen LogP contribution is 2.20. The van der Waals surface area contributed by atoms with E-state index in [0.717, 1.165) is 23.9 Å². The molecule has 2 rings (SSSR count). The largest absolute Gasteiger partial charge is 0.370 e. The van der Waals surface area contributed by atoms with Crippen molar-refractivity contribution < 1.29 is 0 Å². The highest BCUT2D eigenvalue weighted by Gasteiger charge is 2.12. The van der Waals surface area contributed by atoms with Crippen molar-refractivity contribution in [2.75, 3.05) is 11.9 Å². The van der Waals surface area contributed by atoms with Gasteiger partial charge in [-0.3, -0.25) is 0 Å². The molecular weight excluding hydrogens is 226 g/mol. The van der Waals surface area contributed by atoms with Crippen molar-refractivity contribution in [3.05, 3.63) is 24.2 Å². The molecule has 0 saturated carbocycles. The van der Waals surface area contributed by atoms with Gasteiger partial charge in [0.25, 0.3) is 0 Å². The topological polar surface area (TPSA) is 55.6 Å². The molecule has 0 radical (unpaired) electrons. The number of nitrogens with zero attached hydrogens (tertiary/aromatic N) is 4. The molecule has 0 aliphatic rings. The van der Waals surface area contributed by atoms with Gasteiger partial charge < -0.3 is 9.88 Å². The van der Waals surface area contributed by atoms with Gasteiger partial charge in [0.05, 0.1) is 0 Å². The van der Waals surface area contributed by atoms with Crippen LogP contribution in [0.5, 0.6) is 0 Å². The first-order valence-electron chi connectivity index (χ1n) is 6.22. The molecule has 5 nitrogen and oxygen atoms in total. The Kier molecular flexibility index (Phi) is 3.60. The summed E-state index contributed by atoms with van der Waals surface area (Å²) in [4.78, 5) is 13.4. The lowest BCUT2D eigenvalue weighted by Gasteiger charge is -2.10. The summed E-state index contributed by atoms with van der Waals surface area (Å²) in [6.45, 7) is 7.15. The van der Waals surface area contributed by atoms with Gasteiger partial charge in [0, 0.05) is 37.7 Å². The van der Waals surface area contributed by atoms with E-state index in [2.05, 4.69) is 41.0 Å². The van der Waals surface area contributed by atoms with Crippen LogP contribution in [-0.2, 0) is 7.05 Å². The number of anilines is 1. The zero-order chi connectivity index (χ0) is 13.1. The minimum atomic E-state index is 0.365. The van der Waals surface area contributed by atoms with E-state index in [1.165, 1.54) is 0 Å². The van der Waals surface area contributed by atoms with Crippen molar-refractivity contribution in [2.45, 2.75) is 26.7 Å². The molecule has 5 heteroatoms. The molecule has 0 atom stereocenters. The van der Waals surface area contributed by atoms with Crippen LogP contribution in [0.25, 0.3) is 11.6 Å². The highest BCUT2D eigenvalue weighted by atomic mass is 15.1. The molecule has 0 fully saturated rings. The molecule has 0 bridgehead atoms. The quantitative estimate of drug-likeness (QED) is 0.898. The first-order valence-corrected chi connectivity index (χ1v) is 6.22. The van der Waals surface area contributed by atoms with Crippen LogP contribution in [0.2, 0.25) is 0 Å². The molecule has 2 aromatic rings. The van der Waals surface area contributed by atoms with Crippen LogP contribution >= 0.6 is 0 Å². The lowest BCUT2D eigenvalue weighted by molar-refractivity contribution is 0.809. The third kappa shape index (κ3) is 2.50. The summed E-state index contributed by atoms with van der Waals surface area (Å²) in [6, 6.07) is 2.00. The second kappa shape index (κ2) is 5.16. The summed E-state index contributed by atoms with van der Waals surface area (Å²) in [5, 5.41) is 3.24. The highest BCUT2D eigenvalue weighted by molar-refractivity contribution is 5.50. The number of rotatable bonds is 4. The second-order valence-corrected chi connectivity index (χ2v) is 4.55. The van der Waals surface area contributed by atoms with Crippen molar-refractivity contribution in [3.63, 3.8) is 0 Å². The lowest BCUT2D eigenvalue weighted by Crippen LogP contribution is -2.06. The summed E-state index contributed by atoms with van der Waals surface area (Å²) in [7, 11) is 1.95. The average Bonchev–Trinajstić information content (AvgIpc) is 2.75. The molecule has 0 aliphatic carbocycles. The number of aryl methyl sites for hydroxylation is 1. The molecule has 96 valence electrons. The monoisotopic (exact) mass is 245 g/mol. The number of hydrogen-bond donors (Lipinski definition) is 1. The fraction of sp³-hybridized carbons (Fsp3) is 0.462. The molecule has 2 heterocycles. The standard InChI is InChI=1S/C13H19N5/c1-5-14-11-8-10(9(2)3)16-12(17-11)13-15-6-7-18(13)4/h6-9H,5H2,1-4H3,(H,14,16,17). The smallest absolute Gasteiger partial charge is 0.198 e. The van der Waals surface area contributed by atoms with Crippen molar-refractivity contribution in [1.82, 2.24) is 19.5 Å². The van der Waals surface area contributed by atoms with Crippen molar-refractivity contribution in [3.8, 4) is 11.6 Å². The summed E-state index contributed by atoms with van der Waals surface area (Å²) in [5.74, 6) is 2.68. The van der Waals surface area contributed by atoms with E-state index in [-0.39, 0.29) is 0 Å². The van der Waals surface area contributed by atoms with E-state index in [0.29, 0.717) is 11.7 Å². The third-order valence-electron chi connectivity index (χ3n) is 2.72. The van der Waals surface area contributed by atoms with Crippen molar-refractivity contribution in [2.24, 2.45) is 7.05 Å². The Morgan fingerprint density at radius 1 is 1.33 bits per heavy atom. The summed E-state index contributed by atoms with van der Waals surface area (Å²) in [6.07, 6.45) is 3.65. The van der Waals surface area contributed by atoms with Crippen LogP contribution in [0.15, 0.2) is 18.5 Å². The van der Waals surface area contributed by atoms with Gasteiger partial charge in [0.2, 0.25) is 0 Å². The second-order valence-electron chi connectivity index (χ2n) is 4.55. The van der Waals surface area contributed by atoms with E-state index in [1.807, 2.05) is 23.9 Å². The first kappa shape index (κ1) is 12.5. The van der Waals surface area contributed by atoms with E-state index in [9.17, 15) is 0 Å². The van der Waals surface area contributed by atoms with Crippen LogP contribution in [0.1, 0.15) is 32.4 Å². The number of aromatic nitrogens is 4. The van der Waals surface area contributed by atoms with Gasteiger partial charge in [-0.05, 0) is 12.8 Å². The van der Waals surface area contributed by atoms with Crippen LogP contribution in [0.3, 0.4) is 0 Å². The van der Waals surface area contributed by atoms with Crippen LogP contribution in [0, 0.1) is 0 Å². The summed E-state index contributed by atoms with van der Waals surface area (Å²) < 4.78 is 1.93. The average molecular weight is 245 g/mol. The molecule has 18 heavy (non-hydrogen) atoms. The van der Waals surface area contributed by atoms with Gasteiger partial charge in [0.15, 0.2) is 11.6 Å². The van der Waals surface area contributed by atoms with E-state index in [1.54, 1.807) is 6.20 Å². The van der Waals surface area contributed by atoms with Gasteiger partial charge >= 0.3 is 0 Å². The predicted octanol–water partition coefficient (Wildman–Crippen LogP) is 2.43. The molecule has 0 unspecified atom stereocenters. The molecule has 0 aliphatic heterocycles.